The van der Waals surface area contributed by atoms with Crippen LogP contribution in [0.1, 0.15) is 27.1 Å². The molecule has 100 valence electrons. The molecule has 0 heterocycles. The van der Waals surface area contributed by atoms with Crippen molar-refractivity contribution in [3.05, 3.63) is 64.5 Å². The van der Waals surface area contributed by atoms with Gasteiger partial charge in [-0.3, -0.25) is 0 Å². The van der Waals surface area contributed by atoms with Gasteiger partial charge >= 0.3 is 0 Å². The Morgan fingerprint density at radius 3 is 2.42 bits per heavy atom. The molecule has 2 aromatic rings. The van der Waals surface area contributed by atoms with E-state index in [4.69, 9.17) is 4.74 Å². The van der Waals surface area contributed by atoms with Gasteiger partial charge in [-0.25, -0.2) is 4.39 Å². The standard InChI is InChI=1S/C16H16BrFO/c1-10-5-4-6-14(16(10)18)15(17)13-8-7-12(19-3)9-11(13)2/h4-9,15H,1-3H3. The first-order valence-electron chi connectivity index (χ1n) is 6.08. The van der Waals surface area contributed by atoms with E-state index in [1.54, 1.807) is 20.1 Å². The molecule has 0 saturated carbocycles. The quantitative estimate of drug-likeness (QED) is 0.727. The molecule has 1 unspecified atom stereocenters. The summed E-state index contributed by atoms with van der Waals surface area (Å²) in [4.78, 5) is -0.154. The molecule has 0 spiro atoms. The summed E-state index contributed by atoms with van der Waals surface area (Å²) in [5.41, 5.74) is 3.44. The first-order valence-corrected chi connectivity index (χ1v) is 6.99. The molecule has 0 saturated heterocycles. The summed E-state index contributed by atoms with van der Waals surface area (Å²) >= 11 is 3.60. The van der Waals surface area contributed by atoms with E-state index in [2.05, 4.69) is 15.9 Å². The second-order valence-electron chi connectivity index (χ2n) is 4.56. The van der Waals surface area contributed by atoms with Gasteiger partial charge in [0.15, 0.2) is 0 Å². The topological polar surface area (TPSA) is 9.23 Å². The number of ether oxygens (including phenoxy) is 1. The first-order chi connectivity index (χ1) is 9.04. The summed E-state index contributed by atoms with van der Waals surface area (Å²) < 4.78 is 19.3. The molecule has 19 heavy (non-hydrogen) atoms. The first kappa shape index (κ1) is 14.1. The van der Waals surface area contributed by atoms with Crippen molar-refractivity contribution in [3.8, 4) is 5.75 Å². The highest BCUT2D eigenvalue weighted by Crippen LogP contribution is 2.36. The van der Waals surface area contributed by atoms with E-state index in [-0.39, 0.29) is 10.6 Å². The van der Waals surface area contributed by atoms with E-state index < -0.39 is 0 Å². The fourth-order valence-corrected chi connectivity index (χ4v) is 2.96. The van der Waals surface area contributed by atoms with Crippen molar-refractivity contribution < 1.29 is 9.13 Å². The maximum Gasteiger partial charge on any atom is 0.130 e. The third kappa shape index (κ3) is 2.81. The minimum Gasteiger partial charge on any atom is -0.497 e. The SMILES string of the molecule is COc1ccc(C(Br)c2cccc(C)c2F)c(C)c1. The lowest BCUT2D eigenvalue weighted by Crippen LogP contribution is -2.00. The molecular formula is C16H16BrFO. The minimum atomic E-state index is -0.154. The Labute approximate surface area is 121 Å². The lowest BCUT2D eigenvalue weighted by atomic mass is 9.98. The van der Waals surface area contributed by atoms with Crippen LogP contribution in [0.25, 0.3) is 0 Å². The molecular weight excluding hydrogens is 307 g/mol. The van der Waals surface area contributed by atoms with Crippen LogP contribution < -0.4 is 4.74 Å². The predicted molar refractivity (Wildman–Crippen MR) is 79.6 cm³/mol. The van der Waals surface area contributed by atoms with Gasteiger partial charge in [-0.15, -0.1) is 0 Å². The van der Waals surface area contributed by atoms with E-state index in [9.17, 15) is 4.39 Å². The lowest BCUT2D eigenvalue weighted by Gasteiger charge is -2.16. The van der Waals surface area contributed by atoms with E-state index in [1.807, 2.05) is 37.3 Å². The highest BCUT2D eigenvalue weighted by molar-refractivity contribution is 9.09. The summed E-state index contributed by atoms with van der Waals surface area (Å²) in [5, 5.41) is 0. The van der Waals surface area contributed by atoms with Gasteiger partial charge in [-0.1, -0.05) is 40.2 Å². The Morgan fingerprint density at radius 2 is 1.79 bits per heavy atom. The molecule has 0 bridgehead atoms. The van der Waals surface area contributed by atoms with Gasteiger partial charge in [-0.05, 0) is 42.7 Å². The molecule has 3 heteroatoms. The van der Waals surface area contributed by atoms with Crippen molar-refractivity contribution in [1.82, 2.24) is 0 Å². The van der Waals surface area contributed by atoms with Crippen LogP contribution in [-0.4, -0.2) is 7.11 Å². The minimum absolute atomic E-state index is 0.153. The summed E-state index contributed by atoms with van der Waals surface area (Å²) in [5.74, 6) is 0.658. The Morgan fingerprint density at radius 1 is 1.05 bits per heavy atom. The van der Waals surface area contributed by atoms with Crippen molar-refractivity contribution in [2.45, 2.75) is 18.7 Å². The van der Waals surface area contributed by atoms with Gasteiger partial charge in [0.25, 0.3) is 0 Å². The Bertz CT molecular complexity index is 595. The number of hydrogen-bond acceptors (Lipinski definition) is 1. The number of aryl methyl sites for hydroxylation is 2. The lowest BCUT2D eigenvalue weighted by molar-refractivity contribution is 0.414. The molecule has 0 N–H and O–H groups in total. The Kier molecular flexibility index (Phi) is 4.25. The number of alkyl halides is 1. The molecule has 0 aliphatic carbocycles. The zero-order valence-corrected chi connectivity index (χ0v) is 12.8. The molecule has 0 aromatic heterocycles. The maximum atomic E-state index is 14.2. The molecule has 0 aliphatic rings. The van der Waals surface area contributed by atoms with Crippen LogP contribution >= 0.6 is 15.9 Å². The predicted octanol–water partition coefficient (Wildman–Crippen LogP) is 4.94. The van der Waals surface area contributed by atoms with Crippen molar-refractivity contribution in [2.24, 2.45) is 0 Å². The molecule has 0 radical (unpaired) electrons. The largest absolute Gasteiger partial charge is 0.497 e. The molecule has 0 fully saturated rings. The highest BCUT2D eigenvalue weighted by atomic mass is 79.9. The van der Waals surface area contributed by atoms with Gasteiger partial charge in [-0.2, -0.15) is 0 Å². The van der Waals surface area contributed by atoms with Crippen LogP contribution in [0.2, 0.25) is 0 Å². The summed E-state index contributed by atoms with van der Waals surface area (Å²) in [6.45, 7) is 3.78. The van der Waals surface area contributed by atoms with Crippen LogP contribution in [0.3, 0.4) is 0 Å². The van der Waals surface area contributed by atoms with Crippen molar-refractivity contribution >= 4 is 15.9 Å². The number of rotatable bonds is 3. The Hall–Kier alpha value is -1.35. The third-order valence-corrected chi connectivity index (χ3v) is 4.23. The Balaban J connectivity index is 2.44. The average Bonchev–Trinajstić information content (AvgIpc) is 2.41. The van der Waals surface area contributed by atoms with E-state index in [1.165, 1.54) is 0 Å². The third-order valence-electron chi connectivity index (χ3n) is 3.24. The maximum absolute atomic E-state index is 14.2. The second kappa shape index (κ2) is 5.74. The average molecular weight is 323 g/mol. The number of benzene rings is 2. The van der Waals surface area contributed by atoms with Gasteiger partial charge in [0, 0.05) is 5.56 Å². The highest BCUT2D eigenvalue weighted by Gasteiger charge is 2.17. The molecule has 2 rings (SSSR count). The van der Waals surface area contributed by atoms with Crippen molar-refractivity contribution in [2.75, 3.05) is 7.11 Å². The van der Waals surface area contributed by atoms with Crippen LogP contribution in [0.4, 0.5) is 4.39 Å². The van der Waals surface area contributed by atoms with Gasteiger partial charge in [0.1, 0.15) is 11.6 Å². The van der Waals surface area contributed by atoms with Gasteiger partial charge in [0.05, 0.1) is 11.9 Å². The van der Waals surface area contributed by atoms with Crippen LogP contribution in [-0.2, 0) is 0 Å². The fourth-order valence-electron chi connectivity index (χ4n) is 2.09. The van der Waals surface area contributed by atoms with E-state index in [0.717, 1.165) is 16.9 Å². The number of halogens is 2. The molecule has 1 atom stereocenters. The zero-order valence-electron chi connectivity index (χ0n) is 11.2. The van der Waals surface area contributed by atoms with Crippen molar-refractivity contribution in [3.63, 3.8) is 0 Å². The zero-order chi connectivity index (χ0) is 14.0. The van der Waals surface area contributed by atoms with Crippen LogP contribution in [0.15, 0.2) is 36.4 Å². The fraction of sp³-hybridized carbons (Fsp3) is 0.250. The number of methoxy groups -OCH3 is 1. The summed E-state index contributed by atoms with van der Waals surface area (Å²) in [6.07, 6.45) is 0. The summed E-state index contributed by atoms with van der Waals surface area (Å²) in [6, 6.07) is 11.3. The smallest absolute Gasteiger partial charge is 0.130 e. The summed E-state index contributed by atoms with van der Waals surface area (Å²) in [7, 11) is 1.64. The number of hydrogen-bond donors (Lipinski definition) is 0. The van der Waals surface area contributed by atoms with Crippen LogP contribution in [0.5, 0.6) is 5.75 Å². The van der Waals surface area contributed by atoms with Gasteiger partial charge in [0.2, 0.25) is 0 Å². The van der Waals surface area contributed by atoms with E-state index in [0.29, 0.717) is 11.1 Å². The van der Waals surface area contributed by atoms with E-state index >= 15 is 0 Å². The monoisotopic (exact) mass is 322 g/mol. The second-order valence-corrected chi connectivity index (χ2v) is 5.48. The van der Waals surface area contributed by atoms with Crippen molar-refractivity contribution in [1.29, 1.82) is 0 Å². The molecule has 0 aliphatic heterocycles. The normalized spacial score (nSPS) is 12.3. The van der Waals surface area contributed by atoms with Gasteiger partial charge < -0.3 is 4.74 Å². The molecule has 1 nitrogen and oxygen atoms in total. The van der Waals surface area contributed by atoms with Crippen LogP contribution in [0, 0.1) is 19.7 Å². The molecule has 2 aromatic carbocycles. The molecule has 0 amide bonds.